The quantitative estimate of drug-likeness (QED) is 0.829. The first kappa shape index (κ1) is 13.8. The van der Waals surface area contributed by atoms with Crippen molar-refractivity contribution in [3.63, 3.8) is 0 Å². The molecule has 1 amide bonds. The first-order chi connectivity index (χ1) is 8.70. The SMILES string of the molecule is CCSC1CCCC1NC(=O)c1cccc(S)c1. The minimum absolute atomic E-state index is 0.0273. The predicted octanol–water partition coefficient (Wildman–Crippen LogP) is 3.38. The molecule has 0 radical (unpaired) electrons. The molecule has 2 rings (SSSR count). The van der Waals surface area contributed by atoms with E-state index >= 15 is 0 Å². The molecule has 0 heterocycles. The van der Waals surface area contributed by atoms with Crippen molar-refractivity contribution in [2.45, 2.75) is 42.4 Å². The van der Waals surface area contributed by atoms with Gasteiger partial charge in [-0.2, -0.15) is 11.8 Å². The molecular weight excluding hydrogens is 262 g/mol. The second-order valence-electron chi connectivity index (χ2n) is 4.55. The number of amides is 1. The monoisotopic (exact) mass is 281 g/mol. The van der Waals surface area contributed by atoms with Crippen molar-refractivity contribution in [1.82, 2.24) is 5.32 Å². The number of carbonyl (C=O) groups excluding carboxylic acids is 1. The first-order valence-electron chi connectivity index (χ1n) is 6.42. The summed E-state index contributed by atoms with van der Waals surface area (Å²) in [5, 5.41) is 3.75. The zero-order valence-electron chi connectivity index (χ0n) is 10.6. The number of benzene rings is 1. The molecule has 1 saturated carbocycles. The molecule has 18 heavy (non-hydrogen) atoms. The average Bonchev–Trinajstić information content (AvgIpc) is 2.77. The summed E-state index contributed by atoms with van der Waals surface area (Å²) in [5.41, 5.74) is 0.703. The summed E-state index contributed by atoms with van der Waals surface area (Å²) in [4.78, 5) is 13.0. The zero-order valence-corrected chi connectivity index (χ0v) is 12.3. The fourth-order valence-electron chi connectivity index (χ4n) is 2.40. The lowest BCUT2D eigenvalue weighted by Gasteiger charge is -2.20. The Morgan fingerprint density at radius 1 is 1.50 bits per heavy atom. The molecule has 0 aliphatic heterocycles. The van der Waals surface area contributed by atoms with Crippen LogP contribution in [-0.4, -0.2) is 23.0 Å². The van der Waals surface area contributed by atoms with Gasteiger partial charge >= 0.3 is 0 Å². The van der Waals surface area contributed by atoms with E-state index < -0.39 is 0 Å². The van der Waals surface area contributed by atoms with Crippen LogP contribution >= 0.6 is 24.4 Å². The van der Waals surface area contributed by atoms with E-state index in [0.29, 0.717) is 16.9 Å². The number of hydrogen-bond donors (Lipinski definition) is 2. The molecule has 1 N–H and O–H groups in total. The molecule has 0 bridgehead atoms. The van der Waals surface area contributed by atoms with Crippen LogP contribution in [-0.2, 0) is 0 Å². The number of thioether (sulfide) groups is 1. The predicted molar refractivity (Wildman–Crippen MR) is 80.7 cm³/mol. The van der Waals surface area contributed by atoms with Gasteiger partial charge in [-0.05, 0) is 36.8 Å². The van der Waals surface area contributed by atoms with Crippen LogP contribution in [0.3, 0.4) is 0 Å². The molecule has 98 valence electrons. The molecule has 1 aliphatic rings. The van der Waals surface area contributed by atoms with Crippen LogP contribution in [0, 0.1) is 0 Å². The van der Waals surface area contributed by atoms with Gasteiger partial charge in [-0.25, -0.2) is 0 Å². The highest BCUT2D eigenvalue weighted by molar-refractivity contribution is 7.99. The fourth-order valence-corrected chi connectivity index (χ4v) is 3.83. The molecule has 2 nitrogen and oxygen atoms in total. The van der Waals surface area contributed by atoms with Gasteiger partial charge < -0.3 is 5.32 Å². The van der Waals surface area contributed by atoms with E-state index in [-0.39, 0.29) is 5.91 Å². The van der Waals surface area contributed by atoms with Crippen molar-refractivity contribution in [2.75, 3.05) is 5.75 Å². The summed E-state index contributed by atoms with van der Waals surface area (Å²) in [6, 6.07) is 7.72. The molecule has 1 fully saturated rings. The minimum atomic E-state index is 0.0273. The highest BCUT2D eigenvalue weighted by atomic mass is 32.2. The molecule has 0 saturated heterocycles. The molecule has 1 aromatic carbocycles. The topological polar surface area (TPSA) is 29.1 Å². The van der Waals surface area contributed by atoms with Gasteiger partial charge in [-0.15, -0.1) is 12.6 Å². The average molecular weight is 281 g/mol. The van der Waals surface area contributed by atoms with Crippen molar-refractivity contribution >= 4 is 30.3 Å². The molecule has 2 unspecified atom stereocenters. The van der Waals surface area contributed by atoms with Crippen molar-refractivity contribution in [2.24, 2.45) is 0 Å². The van der Waals surface area contributed by atoms with Crippen LogP contribution in [0.4, 0.5) is 0 Å². The van der Waals surface area contributed by atoms with Gasteiger partial charge in [0.25, 0.3) is 5.91 Å². The third kappa shape index (κ3) is 3.45. The maximum Gasteiger partial charge on any atom is 0.251 e. The summed E-state index contributed by atoms with van der Waals surface area (Å²) in [6.45, 7) is 2.17. The van der Waals surface area contributed by atoms with E-state index in [1.165, 1.54) is 12.8 Å². The molecule has 1 aliphatic carbocycles. The van der Waals surface area contributed by atoms with Crippen LogP contribution in [0.1, 0.15) is 36.5 Å². The third-order valence-electron chi connectivity index (χ3n) is 3.26. The van der Waals surface area contributed by atoms with Crippen molar-refractivity contribution in [3.8, 4) is 0 Å². The Kier molecular flexibility index (Phi) is 5.01. The highest BCUT2D eigenvalue weighted by Crippen LogP contribution is 2.30. The second kappa shape index (κ2) is 6.53. The Bertz CT molecular complexity index is 422. The lowest BCUT2D eigenvalue weighted by atomic mass is 10.2. The molecule has 2 atom stereocenters. The maximum absolute atomic E-state index is 12.1. The number of rotatable bonds is 4. The highest BCUT2D eigenvalue weighted by Gasteiger charge is 2.28. The third-order valence-corrected chi connectivity index (χ3v) is 4.86. The Balaban J connectivity index is 1.98. The fraction of sp³-hybridized carbons (Fsp3) is 0.500. The summed E-state index contributed by atoms with van der Waals surface area (Å²) in [6.07, 6.45) is 3.54. The molecule has 0 aromatic heterocycles. The maximum atomic E-state index is 12.1. The van der Waals surface area contributed by atoms with Gasteiger partial charge in [-0.3, -0.25) is 4.79 Å². The Labute approximate surface area is 118 Å². The molecule has 4 heteroatoms. The first-order valence-corrected chi connectivity index (χ1v) is 7.92. The Hall–Kier alpha value is -0.610. The number of carbonyl (C=O) groups is 1. The van der Waals surface area contributed by atoms with E-state index in [0.717, 1.165) is 17.1 Å². The molecule has 0 spiro atoms. The van der Waals surface area contributed by atoms with Gasteiger partial charge in [0.1, 0.15) is 0 Å². The summed E-state index contributed by atoms with van der Waals surface area (Å²) < 4.78 is 0. The number of nitrogens with one attached hydrogen (secondary N) is 1. The van der Waals surface area contributed by atoms with Crippen LogP contribution < -0.4 is 5.32 Å². The van der Waals surface area contributed by atoms with Crippen molar-refractivity contribution in [1.29, 1.82) is 0 Å². The lowest BCUT2D eigenvalue weighted by molar-refractivity contribution is 0.0938. The van der Waals surface area contributed by atoms with Gasteiger partial charge in [0, 0.05) is 21.8 Å². The van der Waals surface area contributed by atoms with E-state index in [1.807, 2.05) is 36.0 Å². The van der Waals surface area contributed by atoms with Crippen molar-refractivity contribution < 1.29 is 4.79 Å². The second-order valence-corrected chi connectivity index (χ2v) is 6.59. The summed E-state index contributed by atoms with van der Waals surface area (Å²) in [5.74, 6) is 1.14. The normalized spacial score (nSPS) is 23.0. The standard InChI is InChI=1S/C14H19NOS2/c1-2-18-13-8-4-7-12(13)15-14(16)10-5-3-6-11(17)9-10/h3,5-6,9,12-13,17H,2,4,7-8H2,1H3,(H,15,16). The van der Waals surface area contributed by atoms with Gasteiger partial charge in [0.2, 0.25) is 0 Å². The van der Waals surface area contributed by atoms with E-state index in [9.17, 15) is 4.79 Å². The van der Waals surface area contributed by atoms with Crippen molar-refractivity contribution in [3.05, 3.63) is 29.8 Å². The largest absolute Gasteiger partial charge is 0.348 e. The van der Waals surface area contributed by atoms with E-state index in [4.69, 9.17) is 0 Å². The van der Waals surface area contributed by atoms with E-state index in [1.54, 1.807) is 0 Å². The van der Waals surface area contributed by atoms with Crippen LogP contribution in [0.15, 0.2) is 29.2 Å². The molecular formula is C14H19NOS2. The lowest BCUT2D eigenvalue weighted by Crippen LogP contribution is -2.38. The summed E-state index contributed by atoms with van der Waals surface area (Å²) in [7, 11) is 0. The smallest absolute Gasteiger partial charge is 0.251 e. The van der Waals surface area contributed by atoms with Crippen LogP contribution in [0.5, 0.6) is 0 Å². The van der Waals surface area contributed by atoms with Gasteiger partial charge in [0.15, 0.2) is 0 Å². The number of thiol groups is 1. The minimum Gasteiger partial charge on any atom is -0.348 e. The number of hydrogen-bond acceptors (Lipinski definition) is 3. The Morgan fingerprint density at radius 3 is 3.06 bits per heavy atom. The van der Waals surface area contributed by atoms with Gasteiger partial charge in [0.05, 0.1) is 0 Å². The zero-order chi connectivity index (χ0) is 13.0. The van der Waals surface area contributed by atoms with Gasteiger partial charge in [-0.1, -0.05) is 19.4 Å². The summed E-state index contributed by atoms with van der Waals surface area (Å²) >= 11 is 6.22. The van der Waals surface area contributed by atoms with E-state index in [2.05, 4.69) is 24.9 Å². The van der Waals surface area contributed by atoms with Crippen LogP contribution in [0.2, 0.25) is 0 Å². The van der Waals surface area contributed by atoms with Crippen LogP contribution in [0.25, 0.3) is 0 Å². The molecule has 1 aromatic rings. The Morgan fingerprint density at radius 2 is 2.33 bits per heavy atom.